The third kappa shape index (κ3) is 4.31. The first kappa shape index (κ1) is 10.8. The monoisotopic (exact) mass is 188 g/mol. The third-order valence-corrected chi connectivity index (χ3v) is 6.84. The Morgan fingerprint density at radius 1 is 1.18 bits per heavy atom. The lowest BCUT2D eigenvalue weighted by molar-refractivity contribution is 0.399. The van der Waals surface area contributed by atoms with Gasteiger partial charge in [0.05, 0.1) is 0 Å². The van der Waals surface area contributed by atoms with E-state index in [-0.39, 0.29) is 0 Å². The molecule has 0 aromatic carbocycles. The highest BCUT2D eigenvalue weighted by molar-refractivity contribution is 6.86. The normalized spacial score (nSPS) is 17.1. The minimum Gasteiger partial charge on any atom is -0.430 e. The summed E-state index contributed by atoms with van der Waals surface area (Å²) in [6, 6.07) is 0. The average molecular weight is 188 g/mol. The summed E-state index contributed by atoms with van der Waals surface area (Å²) >= 11 is 0. The van der Waals surface area contributed by atoms with Gasteiger partial charge in [0.1, 0.15) is 0 Å². The van der Waals surface area contributed by atoms with Crippen LogP contribution in [0.2, 0.25) is 19.6 Å². The fourth-order valence-corrected chi connectivity index (χ4v) is 5.54. The van der Waals surface area contributed by atoms with Crippen molar-refractivity contribution in [2.24, 2.45) is 0 Å². The maximum Gasteiger partial charge on any atom is 0.348 e. The Morgan fingerprint density at radius 3 is 1.91 bits per heavy atom. The second-order valence-electron chi connectivity index (χ2n) is 3.17. The van der Waals surface area contributed by atoms with Crippen molar-refractivity contribution in [3.8, 4) is 0 Å². The summed E-state index contributed by atoms with van der Waals surface area (Å²) in [6.07, 6.45) is 0. The molecule has 1 N–H and O–H groups in total. The van der Waals surface area contributed by atoms with Crippen LogP contribution in [0.1, 0.15) is 0 Å². The van der Waals surface area contributed by atoms with Crippen LogP contribution in [-0.4, -0.2) is 21.7 Å². The van der Waals surface area contributed by atoms with E-state index in [1.165, 1.54) is 5.70 Å². The number of rotatable bonds is 4. The highest BCUT2D eigenvalue weighted by atomic mass is 28.4. The molecule has 0 fully saturated rings. The minimum absolute atomic E-state index is 1.52. The topological polar surface area (TPSA) is 29.5 Å². The molecule has 64 valence electrons. The van der Waals surface area contributed by atoms with Gasteiger partial charge < -0.3 is 8.91 Å². The van der Waals surface area contributed by atoms with Crippen molar-refractivity contribution in [3.05, 3.63) is 24.6 Å². The van der Waals surface area contributed by atoms with Gasteiger partial charge in [-0.1, -0.05) is 11.4 Å². The smallest absolute Gasteiger partial charge is 0.348 e. The summed E-state index contributed by atoms with van der Waals surface area (Å²) in [6.45, 7) is 12.9. The summed E-state index contributed by atoms with van der Waals surface area (Å²) in [7, 11) is -4.41. The van der Waals surface area contributed by atoms with Crippen LogP contribution in [0.25, 0.3) is 0 Å². The Kier molecular flexibility index (Phi) is 3.43. The van der Waals surface area contributed by atoms with E-state index in [1.807, 2.05) is 13.1 Å². The Labute approximate surface area is 70.6 Å². The van der Waals surface area contributed by atoms with Gasteiger partial charge in [-0.25, -0.2) is 0 Å². The molecular weight excluding hydrogens is 172 g/mol. The molecule has 11 heavy (non-hydrogen) atoms. The van der Waals surface area contributed by atoms with E-state index in [1.54, 1.807) is 12.2 Å². The maximum absolute atomic E-state index is 9.58. The van der Waals surface area contributed by atoms with Gasteiger partial charge in [-0.3, -0.25) is 0 Å². The van der Waals surface area contributed by atoms with E-state index in [0.29, 0.717) is 0 Å². The third-order valence-electron chi connectivity index (χ3n) is 1.34. The maximum atomic E-state index is 9.58. The molecule has 2 nitrogen and oxygen atoms in total. The molecule has 0 saturated carbocycles. The summed E-state index contributed by atoms with van der Waals surface area (Å²) in [5, 5.41) is 0. The van der Waals surface area contributed by atoms with Crippen molar-refractivity contribution in [1.29, 1.82) is 0 Å². The van der Waals surface area contributed by atoms with Gasteiger partial charge in [-0.05, 0) is 19.6 Å². The summed E-state index contributed by atoms with van der Waals surface area (Å²) in [4.78, 5) is 9.58. The van der Waals surface area contributed by atoms with Crippen molar-refractivity contribution in [3.63, 3.8) is 0 Å². The molecular formula is C7H16O2Si2. The van der Waals surface area contributed by atoms with Gasteiger partial charge in [-0.2, -0.15) is 0 Å². The fraction of sp³-hybridized carbons (Fsp3) is 0.429. The minimum atomic E-state index is -2.58. The van der Waals surface area contributed by atoms with Gasteiger partial charge in [0, 0.05) is 0 Å². The molecule has 1 atom stereocenters. The van der Waals surface area contributed by atoms with Gasteiger partial charge in [0.25, 0.3) is 0 Å². The Bertz CT molecular complexity index is 146. The molecule has 0 amide bonds. The zero-order valence-electron chi connectivity index (χ0n) is 7.42. The standard InChI is InChI=1S/C7H16O2Si2/c1-6-10(3,4)9-11(5,8)7-2/h6-8H,1-2H2,3-5H3. The fourth-order valence-electron chi connectivity index (χ4n) is 0.616. The number of hydrogen-bond acceptors (Lipinski definition) is 2. The first-order valence-electron chi connectivity index (χ1n) is 3.53. The second kappa shape index (κ2) is 3.49. The molecule has 0 heterocycles. The average Bonchev–Trinajstić information content (AvgIpc) is 1.86. The molecule has 0 aliphatic carbocycles. The first-order valence-corrected chi connectivity index (χ1v) is 8.94. The highest BCUT2D eigenvalue weighted by Gasteiger charge is 2.31. The first-order chi connectivity index (χ1) is 4.83. The van der Waals surface area contributed by atoms with Crippen LogP contribution < -0.4 is 0 Å². The van der Waals surface area contributed by atoms with E-state index in [2.05, 4.69) is 13.2 Å². The van der Waals surface area contributed by atoms with Crippen LogP contribution in [0, 0.1) is 0 Å². The predicted octanol–water partition coefficient (Wildman–Crippen LogP) is 1.72. The van der Waals surface area contributed by atoms with Gasteiger partial charge >= 0.3 is 8.56 Å². The zero-order chi connectivity index (χ0) is 9.12. The molecule has 4 heteroatoms. The van der Waals surface area contributed by atoms with Crippen LogP contribution in [0.3, 0.4) is 0 Å². The molecule has 0 radical (unpaired) electrons. The van der Waals surface area contributed by atoms with Crippen LogP contribution in [-0.2, 0) is 4.12 Å². The molecule has 0 aromatic heterocycles. The summed E-state index contributed by atoms with van der Waals surface area (Å²) in [5.41, 5.74) is 3.32. The molecule has 0 aromatic rings. The van der Waals surface area contributed by atoms with Crippen LogP contribution in [0.4, 0.5) is 0 Å². The lowest BCUT2D eigenvalue weighted by Gasteiger charge is -2.26. The van der Waals surface area contributed by atoms with Crippen molar-refractivity contribution < 1.29 is 8.91 Å². The molecule has 0 bridgehead atoms. The Hall–Kier alpha value is -0.166. The van der Waals surface area contributed by atoms with E-state index in [4.69, 9.17) is 4.12 Å². The molecule has 0 spiro atoms. The van der Waals surface area contributed by atoms with E-state index < -0.39 is 16.9 Å². The molecule has 0 aliphatic rings. The van der Waals surface area contributed by atoms with Crippen molar-refractivity contribution in [1.82, 2.24) is 0 Å². The van der Waals surface area contributed by atoms with E-state index >= 15 is 0 Å². The predicted molar refractivity (Wildman–Crippen MR) is 52.8 cm³/mol. The molecule has 0 saturated heterocycles. The van der Waals surface area contributed by atoms with Crippen LogP contribution in [0.15, 0.2) is 24.6 Å². The second-order valence-corrected chi connectivity index (χ2v) is 10.1. The Balaban J connectivity index is 4.23. The van der Waals surface area contributed by atoms with Crippen molar-refractivity contribution in [2.75, 3.05) is 0 Å². The summed E-state index contributed by atoms with van der Waals surface area (Å²) in [5.74, 6) is 0. The lowest BCUT2D eigenvalue weighted by Crippen LogP contribution is -2.44. The Morgan fingerprint density at radius 2 is 1.64 bits per heavy atom. The largest absolute Gasteiger partial charge is 0.430 e. The van der Waals surface area contributed by atoms with Crippen molar-refractivity contribution in [2.45, 2.75) is 19.6 Å². The van der Waals surface area contributed by atoms with Gasteiger partial charge in [0.15, 0.2) is 8.32 Å². The molecule has 1 unspecified atom stereocenters. The van der Waals surface area contributed by atoms with Crippen LogP contribution >= 0.6 is 0 Å². The number of hydrogen-bond donors (Lipinski definition) is 1. The zero-order valence-corrected chi connectivity index (χ0v) is 9.42. The van der Waals surface area contributed by atoms with Crippen molar-refractivity contribution >= 4 is 16.9 Å². The van der Waals surface area contributed by atoms with Gasteiger partial charge in [-0.15, -0.1) is 13.2 Å². The molecule has 0 rings (SSSR count). The highest BCUT2D eigenvalue weighted by Crippen LogP contribution is 2.12. The lowest BCUT2D eigenvalue weighted by atomic mass is 11.3. The summed E-state index contributed by atoms with van der Waals surface area (Å²) < 4.78 is 5.52. The quantitative estimate of drug-likeness (QED) is 0.681. The van der Waals surface area contributed by atoms with Gasteiger partial charge in [0.2, 0.25) is 0 Å². The van der Waals surface area contributed by atoms with Crippen LogP contribution in [0.5, 0.6) is 0 Å². The van der Waals surface area contributed by atoms with E-state index in [0.717, 1.165) is 0 Å². The molecule has 0 aliphatic heterocycles. The SMILES string of the molecule is C=C[Si](C)(C)O[Si](C)(O)C=C. The van der Waals surface area contributed by atoms with E-state index in [9.17, 15) is 4.80 Å².